The summed E-state index contributed by atoms with van der Waals surface area (Å²) < 4.78 is 0. The molecule has 3 N–H and O–H groups in total. The lowest BCUT2D eigenvalue weighted by molar-refractivity contribution is -0.209. The molecule has 130 valence electrons. The van der Waals surface area contributed by atoms with Crippen molar-refractivity contribution in [3.63, 3.8) is 0 Å². The van der Waals surface area contributed by atoms with Crippen LogP contribution in [0.5, 0.6) is 0 Å². The summed E-state index contributed by atoms with van der Waals surface area (Å²) >= 11 is 0. The van der Waals surface area contributed by atoms with Gasteiger partial charge in [-0.2, -0.15) is 0 Å². The van der Waals surface area contributed by atoms with E-state index >= 15 is 0 Å². The van der Waals surface area contributed by atoms with Crippen LogP contribution in [0, 0.1) is 34.0 Å². The van der Waals surface area contributed by atoms with Gasteiger partial charge in [0.1, 0.15) is 0 Å². The third-order valence-corrected chi connectivity index (χ3v) is 8.89. The highest BCUT2D eigenvalue weighted by Crippen LogP contribution is 2.71. The minimum Gasteiger partial charge on any atom is -0.396 e. The molecule has 0 aromatic rings. The number of hydrogen-bond donors (Lipinski definition) is 3. The summed E-state index contributed by atoms with van der Waals surface area (Å²) in [7, 11) is 0. The van der Waals surface area contributed by atoms with Gasteiger partial charge in [-0.05, 0) is 73.7 Å². The van der Waals surface area contributed by atoms with E-state index in [2.05, 4.69) is 20.4 Å². The van der Waals surface area contributed by atoms with Gasteiger partial charge in [-0.25, -0.2) is 0 Å². The lowest BCUT2D eigenvalue weighted by Crippen LogP contribution is -2.62. The molecule has 4 rings (SSSR count). The van der Waals surface area contributed by atoms with Gasteiger partial charge >= 0.3 is 0 Å². The molecule has 4 saturated carbocycles. The van der Waals surface area contributed by atoms with Gasteiger partial charge in [0, 0.05) is 10.8 Å². The molecule has 0 heterocycles. The topological polar surface area (TPSA) is 60.7 Å². The molecule has 4 aliphatic rings. The molecule has 0 saturated heterocycles. The third kappa shape index (κ3) is 1.77. The minimum absolute atomic E-state index is 0.0178. The Kier molecular flexibility index (Phi) is 3.38. The monoisotopic (exact) mass is 320 g/mol. The van der Waals surface area contributed by atoms with Gasteiger partial charge in [-0.1, -0.05) is 20.4 Å². The van der Waals surface area contributed by atoms with Crippen LogP contribution in [0.2, 0.25) is 0 Å². The van der Waals surface area contributed by atoms with E-state index in [0.717, 1.165) is 44.1 Å². The SMILES string of the molecule is C=C1C2CC[C@H]3[C@@](CC[C@H]4[C@@]3(C)CCC(O)[C@]4(C)CO)(C2)C1O. The van der Waals surface area contributed by atoms with Crippen LogP contribution in [0.1, 0.15) is 58.8 Å². The van der Waals surface area contributed by atoms with E-state index in [-0.39, 0.29) is 23.5 Å². The van der Waals surface area contributed by atoms with Gasteiger partial charge in [0.25, 0.3) is 0 Å². The Labute approximate surface area is 139 Å². The van der Waals surface area contributed by atoms with Gasteiger partial charge in [0.05, 0.1) is 18.8 Å². The molecule has 0 aliphatic heterocycles. The number of fused-ring (bicyclic) bond motifs is 3. The molecule has 3 unspecified atom stereocenters. The fourth-order valence-electron chi connectivity index (χ4n) is 7.61. The lowest BCUT2D eigenvalue weighted by atomic mass is 9.40. The second-order valence-corrected chi connectivity index (χ2v) is 9.56. The van der Waals surface area contributed by atoms with Crippen LogP contribution in [-0.4, -0.2) is 34.1 Å². The molecule has 8 atom stereocenters. The van der Waals surface area contributed by atoms with E-state index in [1.165, 1.54) is 6.42 Å². The maximum atomic E-state index is 11.0. The van der Waals surface area contributed by atoms with Crippen molar-refractivity contribution < 1.29 is 15.3 Å². The summed E-state index contributed by atoms with van der Waals surface area (Å²) in [4.78, 5) is 0. The zero-order valence-corrected chi connectivity index (χ0v) is 14.6. The zero-order valence-electron chi connectivity index (χ0n) is 14.6. The third-order valence-electron chi connectivity index (χ3n) is 8.89. The Balaban J connectivity index is 1.77. The normalized spacial score (nSPS) is 58.7. The quantitative estimate of drug-likeness (QED) is 0.651. The molecule has 1 spiro atoms. The molecule has 4 aliphatic carbocycles. The van der Waals surface area contributed by atoms with Crippen LogP contribution < -0.4 is 0 Å². The van der Waals surface area contributed by atoms with Crippen molar-refractivity contribution in [2.24, 2.45) is 34.0 Å². The summed E-state index contributed by atoms with van der Waals surface area (Å²) in [5, 5.41) is 31.6. The molecule has 3 heteroatoms. The highest BCUT2D eigenvalue weighted by Gasteiger charge is 2.67. The average molecular weight is 320 g/mol. The van der Waals surface area contributed by atoms with Crippen LogP contribution in [0.15, 0.2) is 12.2 Å². The predicted molar refractivity (Wildman–Crippen MR) is 89.7 cm³/mol. The number of hydrogen-bond acceptors (Lipinski definition) is 3. The number of aliphatic hydroxyl groups is 3. The smallest absolute Gasteiger partial charge is 0.0809 e. The number of rotatable bonds is 1. The van der Waals surface area contributed by atoms with Crippen molar-refractivity contribution in [1.29, 1.82) is 0 Å². The first-order valence-electron chi connectivity index (χ1n) is 9.45. The lowest BCUT2D eigenvalue weighted by Gasteiger charge is -2.65. The largest absolute Gasteiger partial charge is 0.396 e. The van der Waals surface area contributed by atoms with E-state index in [4.69, 9.17) is 0 Å². The first kappa shape index (κ1) is 16.1. The average Bonchev–Trinajstić information content (AvgIpc) is 2.72. The van der Waals surface area contributed by atoms with Gasteiger partial charge in [-0.3, -0.25) is 0 Å². The van der Waals surface area contributed by atoms with Crippen LogP contribution in [-0.2, 0) is 0 Å². The molecule has 2 bridgehead atoms. The number of aliphatic hydroxyl groups excluding tert-OH is 3. The van der Waals surface area contributed by atoms with Crippen molar-refractivity contribution >= 4 is 0 Å². The van der Waals surface area contributed by atoms with Gasteiger partial charge in [0.2, 0.25) is 0 Å². The Morgan fingerprint density at radius 3 is 2.48 bits per heavy atom. The van der Waals surface area contributed by atoms with Gasteiger partial charge in [-0.15, -0.1) is 0 Å². The summed E-state index contributed by atoms with van der Waals surface area (Å²) in [5.74, 6) is 1.36. The Bertz CT molecular complexity index is 531. The van der Waals surface area contributed by atoms with E-state index in [0.29, 0.717) is 17.8 Å². The molecule has 0 radical (unpaired) electrons. The summed E-state index contributed by atoms with van der Waals surface area (Å²) in [6.07, 6.45) is 6.52. The highest BCUT2D eigenvalue weighted by atomic mass is 16.3. The molecule has 0 amide bonds. The first-order valence-corrected chi connectivity index (χ1v) is 9.45. The van der Waals surface area contributed by atoms with Gasteiger partial charge in [0.15, 0.2) is 0 Å². The molecule has 23 heavy (non-hydrogen) atoms. The van der Waals surface area contributed by atoms with Crippen molar-refractivity contribution in [1.82, 2.24) is 0 Å². The van der Waals surface area contributed by atoms with Crippen molar-refractivity contribution in [3.8, 4) is 0 Å². The van der Waals surface area contributed by atoms with Crippen LogP contribution in [0.25, 0.3) is 0 Å². The van der Waals surface area contributed by atoms with E-state index in [1.807, 2.05) is 0 Å². The Morgan fingerprint density at radius 1 is 1.04 bits per heavy atom. The molecule has 0 aromatic carbocycles. The molecular weight excluding hydrogens is 288 g/mol. The van der Waals surface area contributed by atoms with Crippen LogP contribution >= 0.6 is 0 Å². The Hall–Kier alpha value is -0.380. The van der Waals surface area contributed by atoms with E-state index < -0.39 is 11.5 Å². The second kappa shape index (κ2) is 4.83. The van der Waals surface area contributed by atoms with Crippen molar-refractivity contribution in [2.75, 3.05) is 6.61 Å². The summed E-state index contributed by atoms with van der Waals surface area (Å²) in [6.45, 7) is 8.74. The first-order chi connectivity index (χ1) is 10.8. The maximum Gasteiger partial charge on any atom is 0.0809 e. The zero-order chi connectivity index (χ0) is 16.6. The highest BCUT2D eigenvalue weighted by molar-refractivity contribution is 5.27. The van der Waals surface area contributed by atoms with Gasteiger partial charge < -0.3 is 15.3 Å². The van der Waals surface area contributed by atoms with Crippen molar-refractivity contribution in [2.45, 2.75) is 71.0 Å². The summed E-state index contributed by atoms with van der Waals surface area (Å²) in [5.41, 5.74) is 0.817. The van der Waals surface area contributed by atoms with Crippen LogP contribution in [0.4, 0.5) is 0 Å². The second-order valence-electron chi connectivity index (χ2n) is 9.56. The minimum atomic E-state index is -0.403. The van der Waals surface area contributed by atoms with Crippen molar-refractivity contribution in [3.05, 3.63) is 12.2 Å². The van der Waals surface area contributed by atoms with Crippen LogP contribution in [0.3, 0.4) is 0 Å². The Morgan fingerprint density at radius 2 is 1.78 bits per heavy atom. The summed E-state index contributed by atoms with van der Waals surface area (Å²) in [6, 6.07) is 0. The molecule has 3 nitrogen and oxygen atoms in total. The molecular formula is C20H32O3. The molecule has 0 aromatic heterocycles. The fourth-order valence-corrected chi connectivity index (χ4v) is 7.61. The fraction of sp³-hybridized carbons (Fsp3) is 0.900. The van der Waals surface area contributed by atoms with E-state index in [1.54, 1.807) is 0 Å². The predicted octanol–water partition coefficient (Wildman–Crippen LogP) is 2.89. The van der Waals surface area contributed by atoms with E-state index in [9.17, 15) is 15.3 Å². The maximum absolute atomic E-state index is 11.0. The standard InChI is InChI=1S/C20H32O3/c1-12-13-4-5-15-18(2)8-7-16(22)19(3,11-21)14(18)6-9-20(15,10-13)17(12)23/h13-17,21-23H,1,4-11H2,2-3H3/t13?,14-,15+,16?,17?,18+,19+,20+/m0/s1. The molecule has 4 fully saturated rings.